The summed E-state index contributed by atoms with van der Waals surface area (Å²) in [4.78, 5) is 22.8. The van der Waals surface area contributed by atoms with Gasteiger partial charge in [0.2, 0.25) is 5.91 Å². The Morgan fingerprint density at radius 1 is 0.808 bits per heavy atom. The molecule has 0 bridgehead atoms. The predicted octanol–water partition coefficient (Wildman–Crippen LogP) is 3.02. The van der Waals surface area contributed by atoms with E-state index in [4.69, 9.17) is 0 Å². The summed E-state index contributed by atoms with van der Waals surface area (Å²) < 4.78 is 0.459. The zero-order valence-electron chi connectivity index (χ0n) is 17.5. The fourth-order valence-electron chi connectivity index (χ4n) is 3.41. The second-order valence-electron chi connectivity index (χ2n) is 7.51. The van der Waals surface area contributed by atoms with E-state index in [0.29, 0.717) is 24.0 Å². The van der Waals surface area contributed by atoms with Gasteiger partial charge in [0.05, 0.1) is 32.1 Å². The van der Waals surface area contributed by atoms with Gasteiger partial charge in [0.1, 0.15) is 6.54 Å². The van der Waals surface area contributed by atoms with Crippen molar-refractivity contribution in [2.75, 3.05) is 32.7 Å². The van der Waals surface area contributed by atoms with E-state index in [1.165, 1.54) is 51.4 Å². The number of carbonyl (C=O) groups excluding carboxylic acids is 2. The highest BCUT2D eigenvalue weighted by atomic mass is 16.4. The van der Waals surface area contributed by atoms with Crippen LogP contribution in [0.4, 0.5) is 0 Å². The number of nitrogens with zero attached hydrogens (tertiary/aromatic N) is 1. The summed E-state index contributed by atoms with van der Waals surface area (Å²) in [5.41, 5.74) is 0. The minimum absolute atomic E-state index is 0.0152. The Kier molecular flexibility index (Phi) is 15.4. The standard InChI is InChI=1S/C21H42N2O3/c1-4-7-8-9-10-11-12-13-14-15-16-20(24)22-17-18-23(5-2,6-3)19-21(25)26/h4-19H2,1-3H3,(H-,22,24,25,26). The van der Waals surface area contributed by atoms with Crippen LogP contribution in [0.25, 0.3) is 0 Å². The Morgan fingerprint density at radius 3 is 1.77 bits per heavy atom. The molecule has 0 aliphatic carbocycles. The summed E-state index contributed by atoms with van der Waals surface area (Å²) in [6.45, 7) is 8.87. The molecule has 0 saturated carbocycles. The molecule has 0 atom stereocenters. The summed E-state index contributed by atoms with van der Waals surface area (Å²) in [7, 11) is 0. The Bertz CT molecular complexity index is 368. The van der Waals surface area contributed by atoms with E-state index < -0.39 is 5.97 Å². The number of hydrogen-bond acceptors (Lipinski definition) is 3. The molecular weight excluding hydrogens is 328 g/mol. The molecule has 154 valence electrons. The zero-order valence-corrected chi connectivity index (χ0v) is 17.5. The maximum atomic E-state index is 11.9. The van der Waals surface area contributed by atoms with Crippen molar-refractivity contribution < 1.29 is 19.2 Å². The summed E-state index contributed by atoms with van der Waals surface area (Å²) in [5.74, 6) is -0.936. The van der Waals surface area contributed by atoms with Crippen LogP contribution in [0.1, 0.15) is 91.4 Å². The molecule has 0 aliphatic rings. The fourth-order valence-corrected chi connectivity index (χ4v) is 3.41. The average molecular weight is 371 g/mol. The molecule has 26 heavy (non-hydrogen) atoms. The highest BCUT2D eigenvalue weighted by Crippen LogP contribution is 2.11. The van der Waals surface area contributed by atoms with Crippen molar-refractivity contribution in [3.63, 3.8) is 0 Å². The van der Waals surface area contributed by atoms with Crippen LogP contribution in [0.2, 0.25) is 0 Å². The van der Waals surface area contributed by atoms with Crippen molar-refractivity contribution in [1.82, 2.24) is 5.32 Å². The van der Waals surface area contributed by atoms with Crippen LogP contribution >= 0.6 is 0 Å². The monoisotopic (exact) mass is 370 g/mol. The molecule has 0 unspecified atom stereocenters. The lowest BCUT2D eigenvalue weighted by atomic mass is 10.1. The summed E-state index contributed by atoms with van der Waals surface area (Å²) in [6.07, 6.45) is 13.2. The van der Waals surface area contributed by atoms with Gasteiger partial charge < -0.3 is 19.7 Å². The maximum absolute atomic E-state index is 11.9. The van der Waals surface area contributed by atoms with Crippen molar-refractivity contribution >= 4 is 11.9 Å². The maximum Gasteiger partial charge on any atom is 0.220 e. The first-order chi connectivity index (χ1) is 12.5. The highest BCUT2D eigenvalue weighted by molar-refractivity contribution is 5.75. The number of likely N-dealkylation sites (N-methyl/N-ethyl adjacent to an activating group) is 1. The van der Waals surface area contributed by atoms with Crippen LogP contribution in [0, 0.1) is 0 Å². The van der Waals surface area contributed by atoms with Gasteiger partial charge in [-0.1, -0.05) is 64.7 Å². The number of quaternary nitrogens is 1. The molecule has 0 spiro atoms. The third-order valence-corrected chi connectivity index (χ3v) is 5.47. The van der Waals surface area contributed by atoms with E-state index in [1.807, 2.05) is 13.8 Å². The van der Waals surface area contributed by atoms with Gasteiger partial charge in [0.25, 0.3) is 0 Å². The number of carboxylic acid groups (broad SMARTS) is 1. The third-order valence-electron chi connectivity index (χ3n) is 5.47. The van der Waals surface area contributed by atoms with Gasteiger partial charge in [-0.05, 0) is 20.3 Å². The lowest BCUT2D eigenvalue weighted by Crippen LogP contribution is -2.56. The van der Waals surface area contributed by atoms with E-state index in [0.717, 1.165) is 25.9 Å². The molecule has 0 fully saturated rings. The van der Waals surface area contributed by atoms with Crippen molar-refractivity contribution in [3.8, 4) is 0 Å². The Hall–Kier alpha value is -1.10. The van der Waals surface area contributed by atoms with Gasteiger partial charge in [-0.15, -0.1) is 0 Å². The number of amides is 1. The number of rotatable bonds is 18. The third kappa shape index (κ3) is 13.2. The molecule has 0 aromatic carbocycles. The summed E-state index contributed by atoms with van der Waals surface area (Å²) >= 11 is 0. The first-order valence-electron chi connectivity index (χ1n) is 10.8. The molecule has 0 aliphatic heterocycles. The van der Waals surface area contributed by atoms with Crippen molar-refractivity contribution in [3.05, 3.63) is 0 Å². The lowest BCUT2D eigenvalue weighted by molar-refractivity contribution is -0.918. The Balaban J connectivity index is 3.66. The number of hydrogen-bond donors (Lipinski definition) is 1. The van der Waals surface area contributed by atoms with Crippen LogP contribution < -0.4 is 10.4 Å². The number of carboxylic acids is 1. The highest BCUT2D eigenvalue weighted by Gasteiger charge is 2.23. The van der Waals surface area contributed by atoms with Gasteiger partial charge in [0, 0.05) is 6.42 Å². The van der Waals surface area contributed by atoms with Crippen LogP contribution in [-0.4, -0.2) is 49.1 Å². The minimum atomic E-state index is -1.02. The largest absolute Gasteiger partial charge is 0.544 e. The van der Waals surface area contributed by atoms with E-state index in [9.17, 15) is 14.7 Å². The summed E-state index contributed by atoms with van der Waals surface area (Å²) in [6, 6.07) is 0. The zero-order chi connectivity index (χ0) is 19.7. The molecule has 1 N–H and O–H groups in total. The Morgan fingerprint density at radius 2 is 1.31 bits per heavy atom. The van der Waals surface area contributed by atoms with E-state index in [-0.39, 0.29) is 12.5 Å². The predicted molar refractivity (Wildman–Crippen MR) is 106 cm³/mol. The first kappa shape index (κ1) is 24.9. The van der Waals surface area contributed by atoms with Crippen LogP contribution in [0.3, 0.4) is 0 Å². The normalized spacial score (nSPS) is 11.5. The van der Waals surface area contributed by atoms with Crippen LogP contribution in [0.5, 0.6) is 0 Å². The van der Waals surface area contributed by atoms with Gasteiger partial charge in [-0.2, -0.15) is 0 Å². The van der Waals surface area contributed by atoms with Crippen LogP contribution in [-0.2, 0) is 9.59 Å². The van der Waals surface area contributed by atoms with Gasteiger partial charge in [-0.3, -0.25) is 4.79 Å². The van der Waals surface area contributed by atoms with Crippen molar-refractivity contribution in [2.24, 2.45) is 0 Å². The van der Waals surface area contributed by atoms with E-state index in [1.54, 1.807) is 0 Å². The SMILES string of the molecule is CCCCCCCCCCCCC(=O)NCC[N+](CC)(CC)CC(=O)[O-]. The Labute approximate surface area is 161 Å². The number of carbonyl (C=O) groups is 2. The smallest absolute Gasteiger partial charge is 0.220 e. The van der Waals surface area contributed by atoms with Gasteiger partial charge >= 0.3 is 0 Å². The van der Waals surface area contributed by atoms with Crippen molar-refractivity contribution in [1.29, 1.82) is 0 Å². The first-order valence-corrected chi connectivity index (χ1v) is 10.8. The molecule has 5 nitrogen and oxygen atoms in total. The average Bonchev–Trinajstić information content (AvgIpc) is 2.62. The minimum Gasteiger partial charge on any atom is -0.544 e. The summed E-state index contributed by atoms with van der Waals surface area (Å²) in [5, 5.41) is 13.9. The molecular formula is C21H42N2O3. The van der Waals surface area contributed by atoms with Crippen LogP contribution in [0.15, 0.2) is 0 Å². The van der Waals surface area contributed by atoms with Gasteiger partial charge in [-0.25, -0.2) is 0 Å². The molecule has 0 aromatic heterocycles. The molecule has 0 saturated heterocycles. The molecule has 5 heteroatoms. The lowest BCUT2D eigenvalue weighted by Gasteiger charge is -2.37. The molecule has 0 radical (unpaired) electrons. The molecule has 1 amide bonds. The topological polar surface area (TPSA) is 69.2 Å². The quantitative estimate of drug-likeness (QED) is 0.298. The number of unbranched alkanes of at least 4 members (excludes halogenated alkanes) is 9. The molecule has 0 rings (SSSR count). The second-order valence-corrected chi connectivity index (χ2v) is 7.51. The molecule has 0 aromatic rings. The van der Waals surface area contributed by atoms with Crippen molar-refractivity contribution in [2.45, 2.75) is 91.4 Å². The molecule has 0 heterocycles. The number of nitrogens with one attached hydrogen (secondary N) is 1. The fraction of sp³-hybridized carbons (Fsp3) is 0.905. The van der Waals surface area contributed by atoms with E-state index in [2.05, 4.69) is 12.2 Å². The number of aliphatic carboxylic acids is 1. The van der Waals surface area contributed by atoms with E-state index >= 15 is 0 Å². The van der Waals surface area contributed by atoms with Gasteiger partial charge in [0.15, 0.2) is 0 Å². The second kappa shape index (κ2) is 16.1.